The summed E-state index contributed by atoms with van der Waals surface area (Å²) < 4.78 is 16.2. The number of nitrogens with zero attached hydrogens (tertiary/aromatic N) is 2. The summed E-state index contributed by atoms with van der Waals surface area (Å²) in [6, 6.07) is -0.314. The Morgan fingerprint density at radius 3 is 2.48 bits per heavy atom. The maximum atomic E-state index is 12.2. The number of carbonyl (C=O) groups excluding carboxylic acids is 2. The van der Waals surface area contributed by atoms with Gasteiger partial charge in [-0.1, -0.05) is 0 Å². The molecular weight excluding hydrogens is 276 g/mol. The molecule has 0 bridgehead atoms. The molecule has 0 N–H and O–H groups in total. The van der Waals surface area contributed by atoms with E-state index in [0.29, 0.717) is 39.3 Å². The molecule has 2 fully saturated rings. The third kappa shape index (κ3) is 4.07. The Balaban J connectivity index is 1.85. The van der Waals surface area contributed by atoms with Crippen LogP contribution < -0.4 is 0 Å². The van der Waals surface area contributed by atoms with Gasteiger partial charge in [0.2, 0.25) is 0 Å². The molecule has 0 aliphatic carbocycles. The molecule has 0 radical (unpaired) electrons. The molecule has 2 aliphatic heterocycles. The minimum atomic E-state index is -0.625. The highest BCUT2D eigenvalue weighted by Gasteiger charge is 2.38. The Morgan fingerprint density at radius 2 is 1.90 bits per heavy atom. The van der Waals surface area contributed by atoms with Crippen molar-refractivity contribution >= 4 is 12.1 Å². The van der Waals surface area contributed by atoms with E-state index in [0.717, 1.165) is 4.90 Å². The van der Waals surface area contributed by atoms with E-state index in [1.165, 1.54) is 0 Å². The summed E-state index contributed by atoms with van der Waals surface area (Å²) in [7, 11) is 0. The maximum absolute atomic E-state index is 12.2. The highest BCUT2D eigenvalue weighted by molar-refractivity contribution is 5.92. The first-order valence-electron chi connectivity index (χ1n) is 7.28. The quantitative estimate of drug-likeness (QED) is 0.795. The van der Waals surface area contributed by atoms with Gasteiger partial charge in [0.25, 0.3) is 0 Å². The van der Waals surface area contributed by atoms with Crippen molar-refractivity contribution in [2.45, 2.75) is 45.5 Å². The van der Waals surface area contributed by atoms with Crippen molar-refractivity contribution in [3.05, 3.63) is 0 Å². The fourth-order valence-electron chi connectivity index (χ4n) is 2.32. The van der Waals surface area contributed by atoms with Gasteiger partial charge in [0.1, 0.15) is 5.60 Å². The van der Waals surface area contributed by atoms with Gasteiger partial charge in [0.05, 0.1) is 19.8 Å². The van der Waals surface area contributed by atoms with E-state index in [4.69, 9.17) is 14.2 Å². The fourth-order valence-corrected chi connectivity index (χ4v) is 2.32. The third-order valence-electron chi connectivity index (χ3n) is 3.44. The molecule has 0 aromatic carbocycles. The largest absolute Gasteiger partial charge is 0.443 e. The zero-order valence-electron chi connectivity index (χ0n) is 13.2. The molecular formula is C14H24N2O5. The number of imide groups is 1. The van der Waals surface area contributed by atoms with Crippen LogP contribution in [0.25, 0.3) is 0 Å². The summed E-state index contributed by atoms with van der Waals surface area (Å²) in [5.74, 6) is -0.625. The predicted molar refractivity (Wildman–Crippen MR) is 74.8 cm³/mol. The van der Waals surface area contributed by atoms with Crippen LogP contribution in [-0.2, 0) is 14.2 Å². The summed E-state index contributed by atoms with van der Waals surface area (Å²) >= 11 is 0. The lowest BCUT2D eigenvalue weighted by molar-refractivity contribution is -0.147. The van der Waals surface area contributed by atoms with Crippen molar-refractivity contribution in [2.24, 2.45) is 0 Å². The Morgan fingerprint density at radius 1 is 1.29 bits per heavy atom. The Labute approximate surface area is 125 Å². The Kier molecular flexibility index (Phi) is 4.43. The summed E-state index contributed by atoms with van der Waals surface area (Å²) in [4.78, 5) is 26.9. The number of hydrogen-bond acceptors (Lipinski definition) is 5. The van der Waals surface area contributed by atoms with Crippen LogP contribution in [0, 0.1) is 0 Å². The van der Waals surface area contributed by atoms with E-state index in [9.17, 15) is 9.59 Å². The molecule has 0 saturated carbocycles. The zero-order valence-corrected chi connectivity index (χ0v) is 13.2. The van der Waals surface area contributed by atoms with E-state index in [-0.39, 0.29) is 6.03 Å². The molecule has 2 saturated heterocycles. The average Bonchev–Trinajstić information content (AvgIpc) is 2.92. The summed E-state index contributed by atoms with van der Waals surface area (Å²) in [6.07, 6.45) is -0.00413. The molecule has 2 heterocycles. The molecule has 0 aromatic heterocycles. The zero-order chi connectivity index (χ0) is 15.7. The van der Waals surface area contributed by atoms with E-state index in [2.05, 4.69) is 0 Å². The van der Waals surface area contributed by atoms with Crippen molar-refractivity contribution in [1.29, 1.82) is 0 Å². The van der Waals surface area contributed by atoms with Crippen molar-refractivity contribution in [1.82, 2.24) is 9.80 Å². The minimum absolute atomic E-state index is 0.314. The average molecular weight is 300 g/mol. The highest BCUT2D eigenvalue weighted by atomic mass is 16.7. The lowest BCUT2D eigenvalue weighted by Crippen LogP contribution is -2.41. The first-order valence-corrected chi connectivity index (χ1v) is 7.28. The molecule has 2 rings (SSSR count). The molecule has 7 heteroatoms. The second-order valence-electron chi connectivity index (χ2n) is 6.48. The van der Waals surface area contributed by atoms with Crippen LogP contribution in [0.4, 0.5) is 9.59 Å². The first kappa shape index (κ1) is 16.0. The van der Waals surface area contributed by atoms with Crippen LogP contribution in [-0.4, -0.2) is 66.2 Å². The smallest absolute Gasteiger partial charge is 0.418 e. The standard InChI is InChI=1S/C14H24N2O5/c1-13(2,3)21-12(18)16-8-7-15(11(16)17)6-5-14(4)19-9-10-20-14/h5-10H2,1-4H3. The number of ether oxygens (including phenoxy) is 3. The van der Waals surface area contributed by atoms with E-state index >= 15 is 0 Å². The molecule has 120 valence electrons. The number of rotatable bonds is 3. The third-order valence-corrected chi connectivity index (χ3v) is 3.44. The normalized spacial score (nSPS) is 22.0. The van der Waals surface area contributed by atoms with Crippen LogP contribution >= 0.6 is 0 Å². The van der Waals surface area contributed by atoms with Crippen molar-refractivity contribution in [2.75, 3.05) is 32.8 Å². The highest BCUT2D eigenvalue weighted by Crippen LogP contribution is 2.24. The SMILES string of the molecule is CC(C)(C)OC(=O)N1CCN(CCC2(C)OCCO2)C1=O. The fraction of sp³-hybridized carbons (Fsp3) is 0.857. The summed E-state index contributed by atoms with van der Waals surface area (Å²) in [5, 5.41) is 0. The van der Waals surface area contributed by atoms with E-state index in [1.54, 1.807) is 25.7 Å². The van der Waals surface area contributed by atoms with Gasteiger partial charge in [0.15, 0.2) is 5.79 Å². The first-order chi connectivity index (χ1) is 9.70. The summed E-state index contributed by atoms with van der Waals surface area (Å²) in [6.45, 7) is 9.71. The van der Waals surface area contributed by atoms with Crippen LogP contribution in [0.15, 0.2) is 0 Å². The molecule has 0 atom stereocenters. The van der Waals surface area contributed by atoms with Crippen LogP contribution in [0.2, 0.25) is 0 Å². The molecule has 0 spiro atoms. The molecule has 7 nitrogen and oxygen atoms in total. The second-order valence-corrected chi connectivity index (χ2v) is 6.48. The van der Waals surface area contributed by atoms with Crippen LogP contribution in [0.5, 0.6) is 0 Å². The topological polar surface area (TPSA) is 68.3 Å². The van der Waals surface area contributed by atoms with Crippen molar-refractivity contribution < 1.29 is 23.8 Å². The number of amides is 3. The predicted octanol–water partition coefficient (Wildman–Crippen LogP) is 1.81. The summed E-state index contributed by atoms with van der Waals surface area (Å²) in [5.41, 5.74) is -0.607. The van der Waals surface area contributed by atoms with Gasteiger partial charge >= 0.3 is 12.1 Å². The van der Waals surface area contributed by atoms with Gasteiger partial charge in [-0.05, 0) is 27.7 Å². The van der Waals surface area contributed by atoms with E-state index < -0.39 is 17.5 Å². The molecule has 21 heavy (non-hydrogen) atoms. The molecule has 3 amide bonds. The minimum Gasteiger partial charge on any atom is -0.443 e. The molecule has 0 unspecified atom stereocenters. The van der Waals surface area contributed by atoms with Gasteiger partial charge < -0.3 is 19.1 Å². The monoisotopic (exact) mass is 300 g/mol. The van der Waals surface area contributed by atoms with Crippen molar-refractivity contribution in [3.8, 4) is 0 Å². The number of hydrogen-bond donors (Lipinski definition) is 0. The second kappa shape index (κ2) is 5.81. The van der Waals surface area contributed by atoms with E-state index in [1.807, 2.05) is 6.92 Å². The lowest BCUT2D eigenvalue weighted by atomic mass is 10.2. The Hall–Kier alpha value is -1.34. The van der Waals surface area contributed by atoms with Crippen LogP contribution in [0.1, 0.15) is 34.1 Å². The Bertz CT molecular complexity index is 412. The number of carbonyl (C=O) groups is 2. The van der Waals surface area contributed by atoms with Gasteiger partial charge in [0, 0.05) is 19.5 Å². The van der Waals surface area contributed by atoms with Gasteiger partial charge in [-0.25, -0.2) is 14.5 Å². The van der Waals surface area contributed by atoms with Crippen LogP contribution in [0.3, 0.4) is 0 Å². The molecule has 0 aromatic rings. The van der Waals surface area contributed by atoms with Gasteiger partial charge in [-0.15, -0.1) is 0 Å². The van der Waals surface area contributed by atoms with Gasteiger partial charge in [-0.3, -0.25) is 0 Å². The van der Waals surface area contributed by atoms with Crippen molar-refractivity contribution in [3.63, 3.8) is 0 Å². The lowest BCUT2D eigenvalue weighted by Gasteiger charge is -2.26. The number of urea groups is 1. The maximum Gasteiger partial charge on any atom is 0.418 e. The van der Waals surface area contributed by atoms with Gasteiger partial charge in [-0.2, -0.15) is 0 Å². The molecule has 2 aliphatic rings.